The van der Waals surface area contributed by atoms with Crippen LogP contribution in [0.15, 0.2) is 66.9 Å². The number of hydrogen-bond donors (Lipinski definition) is 1. The topological polar surface area (TPSA) is 53.4 Å². The highest BCUT2D eigenvalue weighted by atomic mass is 32.1. The smallest absolute Gasteiger partial charge is 0.308 e. The molecule has 3 aromatic rings. The summed E-state index contributed by atoms with van der Waals surface area (Å²) in [5.41, 5.74) is 2.40. The van der Waals surface area contributed by atoms with Gasteiger partial charge in [-0.3, -0.25) is 4.79 Å². The van der Waals surface area contributed by atoms with E-state index in [2.05, 4.69) is 34.1 Å². The lowest BCUT2D eigenvalue weighted by atomic mass is 10.2. The molecule has 0 atom stereocenters. The van der Waals surface area contributed by atoms with Crippen LogP contribution in [0.4, 0.5) is 5.13 Å². The fourth-order valence-corrected chi connectivity index (χ4v) is 3.37. The number of benzene rings is 2. The molecule has 0 saturated carbocycles. The number of anilines is 1. The first-order valence-corrected chi connectivity index (χ1v) is 8.51. The van der Waals surface area contributed by atoms with Gasteiger partial charge in [-0.15, -0.1) is 11.3 Å². The van der Waals surface area contributed by atoms with Gasteiger partial charge in [-0.25, -0.2) is 4.98 Å². The third-order valence-electron chi connectivity index (χ3n) is 3.57. The monoisotopic (exact) mass is 338 g/mol. The standard InChI is InChI=1S/C19H18N2O2S/c22-18(23)11-17-12-20-19(24-17)21(13-15-7-3-1-4-8-15)14-16-9-5-2-6-10-16/h1-10,12H,11,13-14H2,(H,22,23). The Hall–Kier alpha value is -2.66. The van der Waals surface area contributed by atoms with Crippen LogP contribution in [-0.4, -0.2) is 16.1 Å². The first-order valence-electron chi connectivity index (χ1n) is 7.70. The van der Waals surface area contributed by atoms with Gasteiger partial charge in [0.1, 0.15) is 0 Å². The minimum Gasteiger partial charge on any atom is -0.481 e. The summed E-state index contributed by atoms with van der Waals surface area (Å²) in [5.74, 6) is -0.831. The van der Waals surface area contributed by atoms with Crippen LogP contribution in [0.2, 0.25) is 0 Å². The molecule has 24 heavy (non-hydrogen) atoms. The molecule has 1 heterocycles. The van der Waals surface area contributed by atoms with Gasteiger partial charge < -0.3 is 10.0 Å². The van der Waals surface area contributed by atoms with Crippen LogP contribution >= 0.6 is 11.3 Å². The fraction of sp³-hybridized carbons (Fsp3) is 0.158. The molecule has 0 fully saturated rings. The zero-order chi connectivity index (χ0) is 16.8. The number of rotatable bonds is 7. The van der Waals surface area contributed by atoms with Gasteiger partial charge in [-0.2, -0.15) is 0 Å². The molecule has 1 N–H and O–H groups in total. The Morgan fingerprint density at radius 3 is 2.00 bits per heavy atom. The van der Waals surface area contributed by atoms with Crippen LogP contribution in [0.25, 0.3) is 0 Å². The second kappa shape index (κ2) is 7.75. The molecule has 4 nitrogen and oxygen atoms in total. The molecule has 5 heteroatoms. The van der Waals surface area contributed by atoms with Crippen molar-refractivity contribution >= 4 is 22.4 Å². The largest absolute Gasteiger partial charge is 0.481 e. The lowest BCUT2D eigenvalue weighted by Crippen LogP contribution is -2.21. The van der Waals surface area contributed by atoms with Crippen LogP contribution in [-0.2, 0) is 24.3 Å². The molecule has 0 saturated heterocycles. The van der Waals surface area contributed by atoms with Crippen molar-refractivity contribution in [3.8, 4) is 0 Å². The fourth-order valence-electron chi connectivity index (χ4n) is 2.47. The van der Waals surface area contributed by atoms with E-state index in [1.54, 1.807) is 6.20 Å². The Labute approximate surface area is 145 Å². The molecular weight excluding hydrogens is 320 g/mol. The maximum Gasteiger partial charge on any atom is 0.308 e. The molecule has 0 aliphatic carbocycles. The van der Waals surface area contributed by atoms with E-state index in [4.69, 9.17) is 5.11 Å². The van der Waals surface area contributed by atoms with E-state index in [1.165, 1.54) is 22.5 Å². The maximum absolute atomic E-state index is 10.9. The summed E-state index contributed by atoms with van der Waals surface area (Å²) < 4.78 is 0. The Balaban J connectivity index is 1.83. The van der Waals surface area contributed by atoms with E-state index in [0.717, 1.165) is 23.1 Å². The highest BCUT2D eigenvalue weighted by molar-refractivity contribution is 7.15. The van der Waals surface area contributed by atoms with Gasteiger partial charge in [-0.05, 0) is 11.1 Å². The van der Waals surface area contributed by atoms with Gasteiger partial charge in [0, 0.05) is 24.2 Å². The number of hydrogen-bond acceptors (Lipinski definition) is 4. The highest BCUT2D eigenvalue weighted by Crippen LogP contribution is 2.26. The molecule has 0 aliphatic rings. The maximum atomic E-state index is 10.9. The number of carbonyl (C=O) groups is 1. The molecular formula is C19H18N2O2S. The summed E-state index contributed by atoms with van der Waals surface area (Å²) >= 11 is 1.44. The summed E-state index contributed by atoms with van der Waals surface area (Å²) in [5, 5.41) is 9.80. The van der Waals surface area contributed by atoms with Crippen LogP contribution in [0.5, 0.6) is 0 Å². The molecule has 1 aromatic heterocycles. The number of aliphatic carboxylic acids is 1. The highest BCUT2D eigenvalue weighted by Gasteiger charge is 2.14. The number of thiazole rings is 1. The zero-order valence-electron chi connectivity index (χ0n) is 13.1. The summed E-state index contributed by atoms with van der Waals surface area (Å²) in [7, 11) is 0. The van der Waals surface area contributed by atoms with E-state index in [9.17, 15) is 4.79 Å². The Bertz CT molecular complexity index is 746. The number of carboxylic acid groups (broad SMARTS) is 1. The Morgan fingerprint density at radius 2 is 1.50 bits per heavy atom. The van der Waals surface area contributed by atoms with Gasteiger partial charge in [0.2, 0.25) is 0 Å². The Morgan fingerprint density at radius 1 is 0.958 bits per heavy atom. The van der Waals surface area contributed by atoms with Crippen LogP contribution in [0.3, 0.4) is 0 Å². The van der Waals surface area contributed by atoms with Crippen LogP contribution < -0.4 is 4.90 Å². The number of carboxylic acids is 1. The lowest BCUT2D eigenvalue weighted by Gasteiger charge is -2.22. The van der Waals surface area contributed by atoms with Gasteiger partial charge in [-0.1, -0.05) is 60.7 Å². The van der Waals surface area contributed by atoms with Gasteiger partial charge in [0.15, 0.2) is 5.13 Å². The average molecular weight is 338 g/mol. The first kappa shape index (κ1) is 16.2. The van der Waals surface area contributed by atoms with Gasteiger partial charge in [0.25, 0.3) is 0 Å². The summed E-state index contributed by atoms with van der Waals surface area (Å²) in [6, 6.07) is 20.4. The van der Waals surface area contributed by atoms with Crippen molar-refractivity contribution in [2.45, 2.75) is 19.5 Å². The van der Waals surface area contributed by atoms with Crippen LogP contribution in [0.1, 0.15) is 16.0 Å². The molecule has 0 spiro atoms. The van der Waals surface area contributed by atoms with Crippen molar-refractivity contribution in [1.82, 2.24) is 4.98 Å². The van der Waals surface area contributed by atoms with Crippen molar-refractivity contribution < 1.29 is 9.90 Å². The van der Waals surface area contributed by atoms with Crippen molar-refractivity contribution in [2.75, 3.05) is 4.90 Å². The molecule has 3 rings (SSSR count). The SMILES string of the molecule is O=C(O)Cc1cnc(N(Cc2ccccc2)Cc2ccccc2)s1. The molecule has 0 aliphatic heterocycles. The van der Waals surface area contributed by atoms with Crippen LogP contribution in [0, 0.1) is 0 Å². The van der Waals surface area contributed by atoms with Crippen molar-refractivity contribution in [1.29, 1.82) is 0 Å². The third-order valence-corrected chi connectivity index (χ3v) is 4.63. The van der Waals surface area contributed by atoms with Gasteiger partial charge >= 0.3 is 5.97 Å². The normalized spacial score (nSPS) is 10.5. The van der Waals surface area contributed by atoms with Crippen molar-refractivity contribution in [2.24, 2.45) is 0 Å². The molecule has 2 aromatic carbocycles. The predicted molar refractivity (Wildman–Crippen MR) is 96.2 cm³/mol. The second-order valence-electron chi connectivity index (χ2n) is 5.51. The molecule has 0 radical (unpaired) electrons. The summed E-state index contributed by atoms with van der Waals surface area (Å²) in [6.45, 7) is 1.46. The minimum absolute atomic E-state index is 0.0161. The Kier molecular flexibility index (Phi) is 5.23. The quantitative estimate of drug-likeness (QED) is 0.708. The lowest BCUT2D eigenvalue weighted by molar-refractivity contribution is -0.136. The molecule has 0 amide bonds. The average Bonchev–Trinajstić information content (AvgIpc) is 3.04. The minimum atomic E-state index is -0.831. The number of aromatic nitrogens is 1. The first-order chi connectivity index (χ1) is 11.7. The molecule has 0 unspecified atom stereocenters. The van der Waals surface area contributed by atoms with Gasteiger partial charge in [0.05, 0.1) is 6.42 Å². The third kappa shape index (κ3) is 4.43. The van der Waals surface area contributed by atoms with Crippen molar-refractivity contribution in [3.63, 3.8) is 0 Å². The van der Waals surface area contributed by atoms with Crippen molar-refractivity contribution in [3.05, 3.63) is 82.9 Å². The van der Waals surface area contributed by atoms with E-state index < -0.39 is 5.97 Å². The zero-order valence-corrected chi connectivity index (χ0v) is 13.9. The summed E-state index contributed by atoms with van der Waals surface area (Å²) in [6.07, 6.45) is 1.68. The second-order valence-corrected chi connectivity index (χ2v) is 6.60. The van der Waals surface area contributed by atoms with E-state index in [1.807, 2.05) is 36.4 Å². The predicted octanol–water partition coefficient (Wildman–Crippen LogP) is 3.98. The van der Waals surface area contributed by atoms with E-state index in [-0.39, 0.29) is 6.42 Å². The molecule has 0 bridgehead atoms. The number of nitrogens with zero attached hydrogens (tertiary/aromatic N) is 2. The summed E-state index contributed by atoms with van der Waals surface area (Å²) in [4.78, 5) is 18.3. The molecule has 122 valence electrons. The van der Waals surface area contributed by atoms with E-state index in [0.29, 0.717) is 0 Å². The van der Waals surface area contributed by atoms with E-state index >= 15 is 0 Å².